The Bertz CT molecular complexity index is 594. The smallest absolute Gasteiger partial charge is 0.127 e. The van der Waals surface area contributed by atoms with E-state index in [0.29, 0.717) is 11.5 Å². The van der Waals surface area contributed by atoms with Crippen LogP contribution in [0, 0.1) is 23.3 Å². The van der Waals surface area contributed by atoms with Gasteiger partial charge in [0.1, 0.15) is 5.75 Å². The topological polar surface area (TPSA) is 18.5 Å². The minimum absolute atomic E-state index is 0.387. The average molecular weight is 327 g/mol. The van der Waals surface area contributed by atoms with E-state index in [2.05, 4.69) is 32.0 Å². The van der Waals surface area contributed by atoms with Crippen molar-refractivity contribution in [1.29, 1.82) is 0 Å². The van der Waals surface area contributed by atoms with E-state index in [-0.39, 0.29) is 0 Å². The molecule has 2 heteroatoms. The zero-order valence-corrected chi connectivity index (χ0v) is 15.4. The summed E-state index contributed by atoms with van der Waals surface area (Å²) in [4.78, 5) is 0. The molecule has 0 heterocycles. The lowest BCUT2D eigenvalue weighted by molar-refractivity contribution is -0.126. The molecule has 3 aliphatic carbocycles. The summed E-state index contributed by atoms with van der Waals surface area (Å²) in [5.74, 6) is 3.27. The van der Waals surface area contributed by atoms with Gasteiger partial charge in [-0.05, 0) is 91.9 Å². The van der Waals surface area contributed by atoms with E-state index in [1.807, 2.05) is 0 Å². The summed E-state index contributed by atoms with van der Waals surface area (Å²) >= 11 is 0. The first-order chi connectivity index (χ1) is 11.7. The first-order valence-electron chi connectivity index (χ1n) is 9.87. The van der Waals surface area contributed by atoms with Gasteiger partial charge in [-0.15, -0.1) is 0 Å². The highest BCUT2D eigenvalue weighted by atomic mass is 16.5. The van der Waals surface area contributed by atoms with Crippen molar-refractivity contribution in [2.24, 2.45) is 17.3 Å². The standard InChI is InChI=1S/C22H31O2/c1-4-24-21-7-5-6-20-18-11-9-15-8-10-16(23-3)14-19(15)17(18)12-13-22(20,21)2/h8,14,17-18,20-21H,4-7,9,11-13H2,1-3H3/t17-,18+,20-,21?,22-/m0/s1. The molecule has 0 saturated heterocycles. The molecule has 2 fully saturated rings. The summed E-state index contributed by atoms with van der Waals surface area (Å²) in [6.45, 7) is 5.54. The van der Waals surface area contributed by atoms with Crippen molar-refractivity contribution in [1.82, 2.24) is 0 Å². The molecule has 1 unspecified atom stereocenters. The molecule has 1 aromatic carbocycles. The Morgan fingerprint density at radius 1 is 1.25 bits per heavy atom. The molecule has 0 spiro atoms. The molecule has 2 saturated carbocycles. The lowest BCUT2D eigenvalue weighted by Gasteiger charge is -2.57. The third kappa shape index (κ3) is 2.49. The molecule has 4 rings (SSSR count). The predicted molar refractivity (Wildman–Crippen MR) is 96.5 cm³/mol. The van der Waals surface area contributed by atoms with Gasteiger partial charge < -0.3 is 9.47 Å². The second-order valence-electron chi connectivity index (χ2n) is 8.32. The van der Waals surface area contributed by atoms with Crippen LogP contribution in [0.5, 0.6) is 5.75 Å². The predicted octanol–water partition coefficient (Wildman–Crippen LogP) is 5.15. The van der Waals surface area contributed by atoms with Gasteiger partial charge in [0.2, 0.25) is 0 Å². The van der Waals surface area contributed by atoms with Gasteiger partial charge >= 0.3 is 0 Å². The molecule has 1 radical (unpaired) electrons. The van der Waals surface area contributed by atoms with Gasteiger partial charge in [0, 0.05) is 12.7 Å². The van der Waals surface area contributed by atoms with E-state index in [9.17, 15) is 0 Å². The fourth-order valence-electron chi connectivity index (χ4n) is 6.21. The van der Waals surface area contributed by atoms with Crippen LogP contribution in [0.4, 0.5) is 0 Å². The number of fused-ring (bicyclic) bond motifs is 5. The lowest BCUT2D eigenvalue weighted by Crippen LogP contribution is -2.51. The second kappa shape index (κ2) is 6.37. The molecule has 0 amide bonds. The maximum absolute atomic E-state index is 6.22. The summed E-state index contributed by atoms with van der Waals surface area (Å²) < 4.78 is 11.7. The van der Waals surface area contributed by atoms with Crippen LogP contribution < -0.4 is 4.74 Å². The van der Waals surface area contributed by atoms with Crippen molar-refractivity contribution in [3.63, 3.8) is 0 Å². The normalized spacial score (nSPS) is 38.0. The SMILES string of the molecule is CCOC1CCC[C@H]2[C@@H]3CCc4c[c]c(OC)cc4[C@H]3CC[C@]12C. The lowest BCUT2D eigenvalue weighted by atomic mass is 9.50. The van der Waals surface area contributed by atoms with E-state index in [4.69, 9.17) is 9.47 Å². The molecule has 0 bridgehead atoms. The molecule has 1 aromatic rings. The van der Waals surface area contributed by atoms with E-state index >= 15 is 0 Å². The van der Waals surface area contributed by atoms with E-state index in [0.717, 1.165) is 30.1 Å². The van der Waals surface area contributed by atoms with Crippen LogP contribution in [0.2, 0.25) is 0 Å². The number of methoxy groups -OCH3 is 1. The van der Waals surface area contributed by atoms with Gasteiger partial charge in [0.25, 0.3) is 0 Å². The maximum Gasteiger partial charge on any atom is 0.127 e. The van der Waals surface area contributed by atoms with Crippen LogP contribution >= 0.6 is 0 Å². The fourth-order valence-corrected chi connectivity index (χ4v) is 6.21. The molecule has 0 N–H and O–H groups in total. The quantitative estimate of drug-likeness (QED) is 0.764. The Morgan fingerprint density at radius 3 is 2.92 bits per heavy atom. The largest absolute Gasteiger partial charge is 0.496 e. The molecule has 24 heavy (non-hydrogen) atoms. The van der Waals surface area contributed by atoms with Crippen molar-refractivity contribution in [2.45, 2.75) is 70.8 Å². The average Bonchev–Trinajstić information content (AvgIpc) is 2.61. The highest BCUT2D eigenvalue weighted by Crippen LogP contribution is 2.60. The van der Waals surface area contributed by atoms with Crippen molar-refractivity contribution in [3.05, 3.63) is 29.3 Å². The number of rotatable bonds is 3. The maximum atomic E-state index is 6.22. The third-order valence-corrected chi connectivity index (χ3v) is 7.37. The molecule has 131 valence electrons. The molecule has 3 aliphatic rings. The summed E-state index contributed by atoms with van der Waals surface area (Å²) in [6.07, 6.45) is 9.64. The van der Waals surface area contributed by atoms with Gasteiger partial charge in [-0.25, -0.2) is 0 Å². The molecule has 0 aliphatic heterocycles. The van der Waals surface area contributed by atoms with Gasteiger partial charge in [-0.1, -0.05) is 13.3 Å². The van der Waals surface area contributed by atoms with Crippen molar-refractivity contribution in [2.75, 3.05) is 13.7 Å². The van der Waals surface area contributed by atoms with Crippen LogP contribution in [0.25, 0.3) is 0 Å². The Kier molecular flexibility index (Phi) is 4.36. The van der Waals surface area contributed by atoms with Gasteiger partial charge in [-0.3, -0.25) is 0 Å². The fraction of sp³-hybridized carbons (Fsp3) is 0.727. The number of benzene rings is 1. The first-order valence-corrected chi connectivity index (χ1v) is 9.87. The Balaban J connectivity index is 1.65. The van der Waals surface area contributed by atoms with E-state index < -0.39 is 0 Å². The Labute approximate surface area is 146 Å². The van der Waals surface area contributed by atoms with E-state index in [1.54, 1.807) is 12.7 Å². The number of hydrogen-bond donors (Lipinski definition) is 0. The molecule has 5 atom stereocenters. The zero-order chi connectivity index (χ0) is 16.7. The minimum atomic E-state index is 0.387. The van der Waals surface area contributed by atoms with Gasteiger partial charge in [0.05, 0.1) is 13.2 Å². The van der Waals surface area contributed by atoms with Crippen LogP contribution in [-0.4, -0.2) is 19.8 Å². The molecule has 0 aromatic heterocycles. The summed E-state index contributed by atoms with van der Waals surface area (Å²) in [6, 6.07) is 7.75. The number of ether oxygens (including phenoxy) is 2. The number of aryl methyl sites for hydroxylation is 1. The van der Waals surface area contributed by atoms with Crippen LogP contribution in [0.15, 0.2) is 12.1 Å². The molecule has 2 nitrogen and oxygen atoms in total. The third-order valence-electron chi connectivity index (χ3n) is 7.37. The Hall–Kier alpha value is -1.02. The van der Waals surface area contributed by atoms with Crippen molar-refractivity contribution in [3.8, 4) is 5.75 Å². The molecular formula is C22H31O2. The summed E-state index contributed by atoms with van der Waals surface area (Å²) in [5, 5.41) is 0. The van der Waals surface area contributed by atoms with Crippen molar-refractivity contribution < 1.29 is 9.47 Å². The van der Waals surface area contributed by atoms with Crippen molar-refractivity contribution >= 4 is 0 Å². The summed E-state index contributed by atoms with van der Waals surface area (Å²) in [7, 11) is 1.75. The highest BCUT2D eigenvalue weighted by Gasteiger charge is 2.53. The zero-order valence-electron chi connectivity index (χ0n) is 15.4. The summed E-state index contributed by atoms with van der Waals surface area (Å²) in [5.41, 5.74) is 3.46. The van der Waals surface area contributed by atoms with Gasteiger partial charge in [-0.2, -0.15) is 0 Å². The first kappa shape index (κ1) is 16.4. The monoisotopic (exact) mass is 327 g/mol. The molecular weight excluding hydrogens is 296 g/mol. The Morgan fingerprint density at radius 2 is 2.12 bits per heavy atom. The van der Waals surface area contributed by atoms with Crippen LogP contribution in [0.1, 0.15) is 69.4 Å². The van der Waals surface area contributed by atoms with Crippen LogP contribution in [-0.2, 0) is 11.2 Å². The highest BCUT2D eigenvalue weighted by molar-refractivity contribution is 5.40. The van der Waals surface area contributed by atoms with Crippen LogP contribution in [0.3, 0.4) is 0 Å². The van der Waals surface area contributed by atoms with Gasteiger partial charge in [0.15, 0.2) is 0 Å². The number of hydrogen-bond acceptors (Lipinski definition) is 2. The second-order valence-corrected chi connectivity index (χ2v) is 8.32. The van der Waals surface area contributed by atoms with E-state index in [1.165, 1.54) is 50.5 Å². The minimum Gasteiger partial charge on any atom is -0.496 e.